The Bertz CT molecular complexity index is 425. The van der Waals surface area contributed by atoms with E-state index in [4.69, 9.17) is 9.84 Å². The lowest BCUT2D eigenvalue weighted by atomic mass is 10.1. The molecule has 1 aromatic heterocycles. The summed E-state index contributed by atoms with van der Waals surface area (Å²) >= 11 is 0. The summed E-state index contributed by atoms with van der Waals surface area (Å²) in [4.78, 5) is 12.8. The lowest BCUT2D eigenvalue weighted by Gasteiger charge is -2.31. The van der Waals surface area contributed by atoms with Crippen molar-refractivity contribution in [1.82, 2.24) is 14.7 Å². The number of ether oxygens (including phenoxy) is 1. The number of carbonyl (C=O) groups is 1. The fourth-order valence-electron chi connectivity index (χ4n) is 2.52. The summed E-state index contributed by atoms with van der Waals surface area (Å²) in [6, 6.07) is 0. The van der Waals surface area contributed by atoms with Crippen LogP contribution in [0.15, 0.2) is 12.4 Å². The van der Waals surface area contributed by atoms with Gasteiger partial charge in [-0.2, -0.15) is 5.10 Å². The first kappa shape index (κ1) is 15.0. The van der Waals surface area contributed by atoms with Crippen molar-refractivity contribution in [1.29, 1.82) is 0 Å². The van der Waals surface area contributed by atoms with Gasteiger partial charge in [0.25, 0.3) is 0 Å². The fraction of sp³-hybridized carbons (Fsp3) is 0.714. The number of hydrogen-bond donors (Lipinski definition) is 1. The van der Waals surface area contributed by atoms with Crippen LogP contribution in [0, 0.1) is 0 Å². The van der Waals surface area contributed by atoms with E-state index >= 15 is 0 Å². The Balaban J connectivity index is 1.72. The summed E-state index contributed by atoms with van der Waals surface area (Å²) < 4.78 is 7.32. The Labute approximate surface area is 119 Å². The van der Waals surface area contributed by atoms with Crippen LogP contribution < -0.4 is 0 Å². The predicted molar refractivity (Wildman–Crippen MR) is 74.4 cm³/mol. The van der Waals surface area contributed by atoms with E-state index in [0.29, 0.717) is 0 Å². The predicted octanol–water partition coefficient (Wildman–Crippen LogP) is 1.36. The minimum Gasteiger partial charge on any atom is -0.480 e. The van der Waals surface area contributed by atoms with Crippen LogP contribution in [0.5, 0.6) is 0 Å². The third-order valence-electron chi connectivity index (χ3n) is 3.52. The molecule has 0 aliphatic carbocycles. The van der Waals surface area contributed by atoms with Gasteiger partial charge in [-0.25, -0.2) is 4.79 Å². The number of aliphatic carboxylic acids is 1. The maximum Gasteiger partial charge on any atom is 0.329 e. The first-order valence-electron chi connectivity index (χ1n) is 7.24. The SMILES string of the molecule is CCCn1cc(CN2CCC(OCC(=O)O)CC2)cn1. The highest BCUT2D eigenvalue weighted by molar-refractivity contribution is 5.68. The largest absolute Gasteiger partial charge is 0.480 e. The third-order valence-corrected chi connectivity index (χ3v) is 3.52. The number of nitrogens with zero attached hydrogens (tertiary/aromatic N) is 3. The average Bonchev–Trinajstić information content (AvgIpc) is 2.86. The molecule has 0 aromatic carbocycles. The molecule has 6 heteroatoms. The molecule has 0 radical (unpaired) electrons. The maximum atomic E-state index is 10.5. The van der Waals surface area contributed by atoms with Crippen molar-refractivity contribution in [2.24, 2.45) is 0 Å². The first-order chi connectivity index (χ1) is 9.67. The number of piperidine rings is 1. The molecule has 0 unspecified atom stereocenters. The summed E-state index contributed by atoms with van der Waals surface area (Å²) in [6.45, 7) is 5.73. The zero-order valence-electron chi connectivity index (χ0n) is 12.0. The number of rotatable bonds is 7. The van der Waals surface area contributed by atoms with Crippen molar-refractivity contribution < 1.29 is 14.6 Å². The molecule has 1 saturated heterocycles. The van der Waals surface area contributed by atoms with Gasteiger partial charge in [0.2, 0.25) is 0 Å². The highest BCUT2D eigenvalue weighted by Gasteiger charge is 2.20. The van der Waals surface area contributed by atoms with E-state index in [9.17, 15) is 4.79 Å². The van der Waals surface area contributed by atoms with E-state index in [2.05, 4.69) is 23.1 Å². The van der Waals surface area contributed by atoms with Crippen LogP contribution >= 0.6 is 0 Å². The second-order valence-electron chi connectivity index (χ2n) is 5.29. The van der Waals surface area contributed by atoms with Gasteiger partial charge in [0, 0.05) is 37.9 Å². The van der Waals surface area contributed by atoms with Gasteiger partial charge in [-0.3, -0.25) is 9.58 Å². The van der Waals surface area contributed by atoms with Crippen molar-refractivity contribution in [3.05, 3.63) is 18.0 Å². The van der Waals surface area contributed by atoms with Crippen LogP contribution in [0.25, 0.3) is 0 Å². The Morgan fingerprint density at radius 1 is 1.50 bits per heavy atom. The molecule has 0 atom stereocenters. The van der Waals surface area contributed by atoms with Gasteiger partial charge in [-0.05, 0) is 19.3 Å². The van der Waals surface area contributed by atoms with E-state index in [1.54, 1.807) is 0 Å². The Morgan fingerprint density at radius 3 is 2.90 bits per heavy atom. The zero-order chi connectivity index (χ0) is 14.4. The molecule has 1 fully saturated rings. The minimum atomic E-state index is -0.893. The number of carboxylic acids is 1. The highest BCUT2D eigenvalue weighted by atomic mass is 16.5. The summed E-state index contributed by atoms with van der Waals surface area (Å²) in [5.41, 5.74) is 1.24. The van der Waals surface area contributed by atoms with E-state index in [1.807, 2.05) is 10.9 Å². The smallest absolute Gasteiger partial charge is 0.329 e. The zero-order valence-corrected chi connectivity index (χ0v) is 12.0. The van der Waals surface area contributed by atoms with Gasteiger partial charge in [-0.15, -0.1) is 0 Å². The second kappa shape index (κ2) is 7.40. The fourth-order valence-corrected chi connectivity index (χ4v) is 2.52. The van der Waals surface area contributed by atoms with Gasteiger partial charge in [0.05, 0.1) is 12.3 Å². The van der Waals surface area contributed by atoms with Crippen molar-refractivity contribution >= 4 is 5.97 Å². The quantitative estimate of drug-likeness (QED) is 0.817. The van der Waals surface area contributed by atoms with Crippen LogP contribution in [0.4, 0.5) is 0 Å². The second-order valence-corrected chi connectivity index (χ2v) is 5.29. The van der Waals surface area contributed by atoms with Crippen LogP contribution in [0.3, 0.4) is 0 Å². The van der Waals surface area contributed by atoms with Crippen molar-refractivity contribution in [2.75, 3.05) is 19.7 Å². The normalized spacial score (nSPS) is 17.4. The standard InChI is InChI=1S/C14H23N3O3/c1-2-5-17-10-12(8-15-17)9-16-6-3-13(4-7-16)20-11-14(18)19/h8,10,13H,2-7,9,11H2,1H3,(H,18,19). The third kappa shape index (κ3) is 4.61. The maximum absolute atomic E-state index is 10.5. The Morgan fingerprint density at radius 2 is 2.25 bits per heavy atom. The monoisotopic (exact) mass is 281 g/mol. The van der Waals surface area contributed by atoms with Gasteiger partial charge in [0.1, 0.15) is 6.61 Å². The molecule has 0 spiro atoms. The lowest BCUT2D eigenvalue weighted by molar-refractivity contribution is -0.145. The molecule has 2 rings (SSSR count). The molecule has 0 amide bonds. The average molecular weight is 281 g/mol. The minimum absolute atomic E-state index is 0.0881. The topological polar surface area (TPSA) is 67.6 Å². The lowest BCUT2D eigenvalue weighted by Crippen LogP contribution is -2.37. The van der Waals surface area contributed by atoms with Gasteiger partial charge in [0.15, 0.2) is 0 Å². The molecular weight excluding hydrogens is 258 g/mol. The number of aromatic nitrogens is 2. The van der Waals surface area contributed by atoms with Gasteiger partial charge < -0.3 is 9.84 Å². The van der Waals surface area contributed by atoms with Crippen molar-refractivity contribution in [3.63, 3.8) is 0 Å². The van der Waals surface area contributed by atoms with Gasteiger partial charge in [-0.1, -0.05) is 6.92 Å². The first-order valence-corrected chi connectivity index (χ1v) is 7.24. The summed E-state index contributed by atoms with van der Waals surface area (Å²) in [5.74, 6) is -0.893. The number of carboxylic acid groups (broad SMARTS) is 1. The molecule has 1 N–H and O–H groups in total. The number of hydrogen-bond acceptors (Lipinski definition) is 4. The summed E-state index contributed by atoms with van der Waals surface area (Å²) in [7, 11) is 0. The molecule has 6 nitrogen and oxygen atoms in total. The summed E-state index contributed by atoms with van der Waals surface area (Å²) in [6.07, 6.45) is 7.02. The van der Waals surface area contributed by atoms with Crippen molar-refractivity contribution in [2.45, 2.75) is 45.4 Å². The highest BCUT2D eigenvalue weighted by Crippen LogP contribution is 2.16. The van der Waals surface area contributed by atoms with E-state index < -0.39 is 5.97 Å². The van der Waals surface area contributed by atoms with Crippen LogP contribution in [0.2, 0.25) is 0 Å². The van der Waals surface area contributed by atoms with Gasteiger partial charge >= 0.3 is 5.97 Å². The summed E-state index contributed by atoms with van der Waals surface area (Å²) in [5, 5.41) is 12.9. The van der Waals surface area contributed by atoms with Crippen LogP contribution in [-0.4, -0.2) is 51.6 Å². The molecule has 0 bridgehead atoms. The Kier molecular flexibility index (Phi) is 5.55. The molecule has 1 aliphatic heterocycles. The molecule has 1 aromatic rings. The number of aryl methyl sites for hydroxylation is 1. The van der Waals surface area contributed by atoms with E-state index in [0.717, 1.165) is 45.4 Å². The van der Waals surface area contributed by atoms with Crippen LogP contribution in [0.1, 0.15) is 31.7 Å². The van der Waals surface area contributed by atoms with E-state index in [-0.39, 0.29) is 12.7 Å². The number of likely N-dealkylation sites (tertiary alicyclic amines) is 1. The molecule has 20 heavy (non-hydrogen) atoms. The molecule has 0 saturated carbocycles. The molecular formula is C14H23N3O3. The molecule has 1 aliphatic rings. The van der Waals surface area contributed by atoms with Crippen LogP contribution in [-0.2, 0) is 22.6 Å². The van der Waals surface area contributed by atoms with Crippen molar-refractivity contribution in [3.8, 4) is 0 Å². The molecule has 112 valence electrons. The van der Waals surface area contributed by atoms with E-state index in [1.165, 1.54) is 5.56 Å². The molecule has 2 heterocycles. The Hall–Kier alpha value is -1.40.